The molecule has 0 amide bonds. The second kappa shape index (κ2) is 10.8. The monoisotopic (exact) mass is 409 g/mol. The van der Waals surface area contributed by atoms with Crippen molar-refractivity contribution < 1.29 is 9.50 Å². The zero-order valence-electron chi connectivity index (χ0n) is 12.9. The first-order valence-corrected chi connectivity index (χ1v) is 6.92. The highest BCUT2D eigenvalue weighted by Gasteiger charge is 2.06. The van der Waals surface area contributed by atoms with Crippen LogP contribution in [0.25, 0.3) is 0 Å². The minimum Gasteiger partial charge on any atom is -0.392 e. The Labute approximate surface area is 143 Å². The van der Waals surface area contributed by atoms with Gasteiger partial charge in [-0.25, -0.2) is 4.39 Å². The highest BCUT2D eigenvalue weighted by Crippen LogP contribution is 2.10. The molecule has 6 heteroatoms. The Kier molecular flexibility index (Phi) is 10.3. The van der Waals surface area contributed by atoms with Crippen LogP contribution in [0.1, 0.15) is 30.9 Å². The molecule has 0 unspecified atom stereocenters. The van der Waals surface area contributed by atoms with Crippen LogP contribution in [0.5, 0.6) is 0 Å². The molecular formula is C15H25FIN3O. The van der Waals surface area contributed by atoms with E-state index >= 15 is 0 Å². The van der Waals surface area contributed by atoms with Crippen LogP contribution in [0.2, 0.25) is 0 Å². The predicted molar refractivity (Wildman–Crippen MR) is 95.5 cm³/mol. The van der Waals surface area contributed by atoms with Crippen LogP contribution in [0.4, 0.5) is 4.39 Å². The maximum atomic E-state index is 13.3. The molecule has 0 aromatic heterocycles. The topological polar surface area (TPSA) is 47.9 Å². The summed E-state index contributed by atoms with van der Waals surface area (Å²) in [5.74, 6) is 0.439. The van der Waals surface area contributed by atoms with Crippen molar-refractivity contribution in [2.24, 2.45) is 4.99 Å². The Morgan fingerprint density at radius 3 is 2.71 bits per heavy atom. The minimum absolute atomic E-state index is 0. The van der Waals surface area contributed by atoms with Crippen LogP contribution in [0, 0.1) is 5.82 Å². The van der Waals surface area contributed by atoms with E-state index in [0.717, 1.165) is 30.9 Å². The first kappa shape index (κ1) is 20.1. The Morgan fingerprint density at radius 2 is 2.14 bits per heavy atom. The molecule has 0 saturated carbocycles. The fraction of sp³-hybridized carbons (Fsp3) is 0.533. The molecule has 0 radical (unpaired) electrons. The highest BCUT2D eigenvalue weighted by atomic mass is 127. The van der Waals surface area contributed by atoms with Gasteiger partial charge >= 0.3 is 0 Å². The molecule has 0 aliphatic rings. The fourth-order valence-corrected chi connectivity index (χ4v) is 1.93. The normalized spacial score (nSPS) is 11.0. The van der Waals surface area contributed by atoms with Gasteiger partial charge in [-0.15, -0.1) is 24.0 Å². The molecule has 0 atom stereocenters. The lowest BCUT2D eigenvalue weighted by Crippen LogP contribution is -2.38. The van der Waals surface area contributed by atoms with E-state index < -0.39 is 0 Å². The number of hydrogen-bond donors (Lipinski definition) is 2. The van der Waals surface area contributed by atoms with Gasteiger partial charge in [0.2, 0.25) is 0 Å². The van der Waals surface area contributed by atoms with Gasteiger partial charge in [0, 0.05) is 32.7 Å². The summed E-state index contributed by atoms with van der Waals surface area (Å²) in [5, 5.41) is 12.3. The smallest absolute Gasteiger partial charge is 0.193 e. The van der Waals surface area contributed by atoms with Gasteiger partial charge in [0.15, 0.2) is 5.96 Å². The summed E-state index contributed by atoms with van der Waals surface area (Å²) in [7, 11) is 3.74. The quantitative estimate of drug-likeness (QED) is 0.432. The van der Waals surface area contributed by atoms with Crippen molar-refractivity contribution in [3.05, 3.63) is 35.1 Å². The third-order valence-corrected chi connectivity index (χ3v) is 3.15. The molecule has 120 valence electrons. The van der Waals surface area contributed by atoms with Gasteiger partial charge in [-0.3, -0.25) is 4.99 Å². The second-order valence-electron chi connectivity index (χ2n) is 4.76. The second-order valence-corrected chi connectivity index (χ2v) is 4.76. The molecule has 0 aliphatic carbocycles. The zero-order valence-corrected chi connectivity index (χ0v) is 15.2. The summed E-state index contributed by atoms with van der Waals surface area (Å²) in [6.07, 6.45) is 2.25. The van der Waals surface area contributed by atoms with Gasteiger partial charge in [0.1, 0.15) is 5.82 Å². The summed E-state index contributed by atoms with van der Waals surface area (Å²) >= 11 is 0. The molecule has 0 bridgehead atoms. The maximum absolute atomic E-state index is 13.3. The number of benzene rings is 1. The molecule has 1 rings (SSSR count). The van der Waals surface area contributed by atoms with E-state index in [2.05, 4.69) is 22.1 Å². The molecule has 0 fully saturated rings. The van der Waals surface area contributed by atoms with Crippen molar-refractivity contribution in [3.63, 3.8) is 0 Å². The number of nitrogens with zero attached hydrogens (tertiary/aromatic N) is 2. The van der Waals surface area contributed by atoms with Crippen molar-refractivity contribution in [3.8, 4) is 0 Å². The lowest BCUT2D eigenvalue weighted by Gasteiger charge is -2.22. The molecule has 21 heavy (non-hydrogen) atoms. The average Bonchev–Trinajstić information content (AvgIpc) is 2.47. The van der Waals surface area contributed by atoms with Crippen molar-refractivity contribution in [1.29, 1.82) is 0 Å². The SMILES string of the molecule is CCCCN(C)C(=NC)NCc1ccc(F)c(CO)c1.I. The van der Waals surface area contributed by atoms with Gasteiger partial charge in [-0.05, 0) is 24.1 Å². The zero-order chi connectivity index (χ0) is 15.0. The van der Waals surface area contributed by atoms with Crippen molar-refractivity contribution in [2.45, 2.75) is 32.9 Å². The summed E-state index contributed by atoms with van der Waals surface area (Å²) in [6.45, 7) is 3.36. The molecule has 1 aromatic rings. The summed E-state index contributed by atoms with van der Waals surface area (Å²) < 4.78 is 13.3. The van der Waals surface area contributed by atoms with E-state index in [4.69, 9.17) is 5.11 Å². The summed E-state index contributed by atoms with van der Waals surface area (Å²) in [6, 6.07) is 4.76. The van der Waals surface area contributed by atoms with E-state index in [0.29, 0.717) is 12.1 Å². The standard InChI is InChI=1S/C15H24FN3O.HI/c1-4-5-8-19(3)15(17-2)18-10-12-6-7-14(16)13(9-12)11-20;/h6-7,9,20H,4-5,8,10-11H2,1-3H3,(H,17,18);1H. The number of nitrogens with one attached hydrogen (secondary N) is 1. The van der Waals surface area contributed by atoms with Crippen LogP contribution in [0.15, 0.2) is 23.2 Å². The van der Waals surface area contributed by atoms with Crippen LogP contribution in [-0.2, 0) is 13.2 Å². The first-order chi connectivity index (χ1) is 9.62. The van der Waals surface area contributed by atoms with E-state index in [1.807, 2.05) is 7.05 Å². The summed E-state index contributed by atoms with van der Waals surface area (Å²) in [4.78, 5) is 6.29. The number of guanidine groups is 1. The molecule has 4 nitrogen and oxygen atoms in total. The molecule has 2 N–H and O–H groups in total. The van der Waals surface area contributed by atoms with Crippen molar-refractivity contribution in [2.75, 3.05) is 20.6 Å². The third kappa shape index (κ3) is 6.60. The van der Waals surface area contributed by atoms with Crippen molar-refractivity contribution in [1.82, 2.24) is 10.2 Å². The van der Waals surface area contributed by atoms with Gasteiger partial charge in [0.05, 0.1) is 6.61 Å². The van der Waals surface area contributed by atoms with E-state index in [-0.39, 0.29) is 36.4 Å². The predicted octanol–water partition coefficient (Wildman–Crippen LogP) is 2.74. The molecule has 0 aliphatic heterocycles. The number of unbranched alkanes of at least 4 members (excludes halogenated alkanes) is 1. The van der Waals surface area contributed by atoms with E-state index in [1.165, 1.54) is 6.07 Å². The van der Waals surface area contributed by atoms with Gasteiger partial charge in [-0.2, -0.15) is 0 Å². The van der Waals surface area contributed by atoms with Gasteiger partial charge in [0.25, 0.3) is 0 Å². The van der Waals surface area contributed by atoms with Crippen LogP contribution < -0.4 is 5.32 Å². The summed E-state index contributed by atoms with van der Waals surface area (Å²) in [5.41, 5.74) is 1.24. The van der Waals surface area contributed by atoms with Crippen LogP contribution >= 0.6 is 24.0 Å². The number of halogens is 2. The number of rotatable bonds is 6. The van der Waals surface area contributed by atoms with E-state index in [1.54, 1.807) is 19.2 Å². The van der Waals surface area contributed by atoms with Crippen molar-refractivity contribution >= 4 is 29.9 Å². The Bertz CT molecular complexity index is 455. The number of aliphatic imine (C=N–C) groups is 1. The third-order valence-electron chi connectivity index (χ3n) is 3.15. The Balaban J connectivity index is 0.00000400. The first-order valence-electron chi connectivity index (χ1n) is 6.92. The van der Waals surface area contributed by atoms with Crippen LogP contribution in [-0.4, -0.2) is 36.6 Å². The van der Waals surface area contributed by atoms with Gasteiger partial charge < -0.3 is 15.3 Å². The molecular weight excluding hydrogens is 384 g/mol. The molecule has 0 saturated heterocycles. The number of aliphatic hydroxyl groups is 1. The average molecular weight is 409 g/mol. The molecule has 1 aromatic carbocycles. The van der Waals surface area contributed by atoms with Gasteiger partial charge in [-0.1, -0.05) is 19.4 Å². The molecule has 0 heterocycles. The Morgan fingerprint density at radius 1 is 1.43 bits per heavy atom. The maximum Gasteiger partial charge on any atom is 0.193 e. The lowest BCUT2D eigenvalue weighted by molar-refractivity contribution is 0.275. The lowest BCUT2D eigenvalue weighted by atomic mass is 10.1. The highest BCUT2D eigenvalue weighted by molar-refractivity contribution is 14.0. The fourth-order valence-electron chi connectivity index (χ4n) is 1.93. The Hall–Kier alpha value is -0.890. The molecule has 0 spiro atoms. The number of hydrogen-bond acceptors (Lipinski definition) is 2. The number of aliphatic hydroxyl groups excluding tert-OH is 1. The minimum atomic E-state index is -0.374. The van der Waals surface area contributed by atoms with E-state index in [9.17, 15) is 4.39 Å². The largest absolute Gasteiger partial charge is 0.392 e. The van der Waals surface area contributed by atoms with Crippen LogP contribution in [0.3, 0.4) is 0 Å².